The maximum Gasteiger partial charge on any atom is 0.179 e. The van der Waals surface area contributed by atoms with Crippen LogP contribution in [0.5, 0.6) is 0 Å². The van der Waals surface area contributed by atoms with Crippen LogP contribution < -0.4 is 20.7 Å². The van der Waals surface area contributed by atoms with Crippen LogP contribution in [0.2, 0.25) is 0 Å². The number of fused-ring (bicyclic) bond motifs is 3. The Hall–Kier alpha value is -8.18. The Morgan fingerprint density at radius 3 is 1.33 bits per heavy atom. The summed E-state index contributed by atoms with van der Waals surface area (Å²) >= 11 is 0. The summed E-state index contributed by atoms with van der Waals surface area (Å²) in [5.41, 5.74) is 13.1. The van der Waals surface area contributed by atoms with E-state index in [1.165, 1.54) is 92.2 Å². The average molecular weight is 832 g/mol. The summed E-state index contributed by atoms with van der Waals surface area (Å²) < 4.78 is 7.39. The van der Waals surface area contributed by atoms with Gasteiger partial charge in [0.1, 0.15) is 0 Å². The lowest BCUT2D eigenvalue weighted by Crippen LogP contribution is -2.74. The van der Waals surface area contributed by atoms with Crippen molar-refractivity contribution in [3.8, 4) is 28.2 Å². The van der Waals surface area contributed by atoms with E-state index < -0.39 is 8.07 Å². The van der Waals surface area contributed by atoms with Crippen molar-refractivity contribution in [3.63, 3.8) is 0 Å². The van der Waals surface area contributed by atoms with Crippen molar-refractivity contribution in [2.45, 2.75) is 0 Å². The molecular weight excluding hydrogens is 791 g/mol. The minimum Gasteiger partial charge on any atom is -0.309 e. The number of nitrogens with zero attached hydrogens (tertiary/aromatic N) is 3. The lowest BCUT2D eigenvalue weighted by atomic mass is 10.0. The highest BCUT2D eigenvalue weighted by Crippen LogP contribution is 2.43. The van der Waals surface area contributed by atoms with Gasteiger partial charge in [-0.3, -0.25) is 0 Å². The topological polar surface area (TPSA) is 14.8 Å². The minimum absolute atomic E-state index is 1.14. The van der Waals surface area contributed by atoms with Crippen LogP contribution in [-0.4, -0.2) is 21.8 Å². The molecule has 0 aliphatic rings. The Labute approximate surface area is 372 Å². The number of aromatic nitrogens is 3. The number of benzene rings is 10. The molecule has 10 aromatic carbocycles. The molecule has 0 unspecified atom stereocenters. The molecule has 3 heterocycles. The van der Waals surface area contributed by atoms with E-state index in [1.54, 1.807) is 0 Å². The fourth-order valence-corrected chi connectivity index (χ4v) is 15.7. The van der Waals surface area contributed by atoms with Gasteiger partial charge in [0.25, 0.3) is 0 Å². The second-order valence-corrected chi connectivity index (χ2v) is 20.7. The molecule has 0 bridgehead atoms. The molecule has 0 atom stereocenters. The molecule has 300 valence electrons. The van der Waals surface area contributed by atoms with Crippen LogP contribution in [0.25, 0.3) is 82.8 Å². The Morgan fingerprint density at radius 1 is 0.266 bits per heavy atom. The van der Waals surface area contributed by atoms with E-state index in [4.69, 9.17) is 0 Å². The normalized spacial score (nSPS) is 12.1. The molecule has 0 N–H and O–H groups in total. The van der Waals surface area contributed by atoms with Crippen LogP contribution in [0.4, 0.5) is 0 Å². The van der Waals surface area contributed by atoms with E-state index in [1.807, 2.05) is 0 Å². The average Bonchev–Trinajstić information content (AvgIpc) is 4.02. The van der Waals surface area contributed by atoms with Crippen molar-refractivity contribution in [2.75, 3.05) is 0 Å². The van der Waals surface area contributed by atoms with Gasteiger partial charge in [0.2, 0.25) is 0 Å². The van der Waals surface area contributed by atoms with Gasteiger partial charge < -0.3 is 13.7 Å². The third kappa shape index (κ3) is 5.27. The highest BCUT2D eigenvalue weighted by molar-refractivity contribution is 7.20. The van der Waals surface area contributed by atoms with E-state index in [0.717, 1.165) is 11.4 Å². The molecule has 3 nitrogen and oxygen atoms in total. The highest BCUT2D eigenvalue weighted by Gasteiger charge is 2.41. The Bertz CT molecular complexity index is 3660. The zero-order chi connectivity index (χ0) is 42.2. The van der Waals surface area contributed by atoms with Crippen LogP contribution in [-0.2, 0) is 0 Å². The van der Waals surface area contributed by atoms with Gasteiger partial charge in [-0.05, 0) is 93.0 Å². The second-order valence-electron chi connectivity index (χ2n) is 16.8. The molecule has 3 aromatic heterocycles. The maximum atomic E-state index is 2.52. The Kier molecular flexibility index (Phi) is 8.23. The van der Waals surface area contributed by atoms with Crippen molar-refractivity contribution in [3.05, 3.63) is 249 Å². The summed E-state index contributed by atoms with van der Waals surface area (Å²) in [6.07, 6.45) is 0. The van der Waals surface area contributed by atoms with E-state index in [9.17, 15) is 0 Å². The molecule has 0 spiro atoms. The van der Waals surface area contributed by atoms with E-state index >= 15 is 0 Å². The largest absolute Gasteiger partial charge is 0.309 e. The van der Waals surface area contributed by atoms with Crippen LogP contribution in [0, 0.1) is 0 Å². The molecule has 0 saturated heterocycles. The van der Waals surface area contributed by atoms with Crippen molar-refractivity contribution < 1.29 is 0 Å². The minimum atomic E-state index is -2.79. The first-order chi connectivity index (χ1) is 31.8. The van der Waals surface area contributed by atoms with E-state index in [2.05, 4.69) is 262 Å². The molecule has 13 aromatic rings. The third-order valence-electron chi connectivity index (χ3n) is 13.6. The van der Waals surface area contributed by atoms with Crippen LogP contribution in [0.1, 0.15) is 0 Å². The summed E-state index contributed by atoms with van der Waals surface area (Å²) in [6, 6.07) is 92.2. The van der Waals surface area contributed by atoms with Gasteiger partial charge in [-0.2, -0.15) is 0 Å². The first kappa shape index (κ1) is 36.5. The van der Waals surface area contributed by atoms with Crippen LogP contribution in [0.3, 0.4) is 0 Å². The molecular formula is C60H41N3Si. The number of hydrogen-bond donors (Lipinski definition) is 0. The van der Waals surface area contributed by atoms with Gasteiger partial charge in [-0.25, -0.2) is 0 Å². The Morgan fingerprint density at radius 2 is 0.719 bits per heavy atom. The quantitative estimate of drug-likeness (QED) is 0.107. The summed E-state index contributed by atoms with van der Waals surface area (Å²) in [5, 5.41) is 10.5. The van der Waals surface area contributed by atoms with E-state index in [-0.39, 0.29) is 0 Å². The van der Waals surface area contributed by atoms with Crippen molar-refractivity contribution in [1.82, 2.24) is 13.7 Å². The SMILES string of the molecule is c1ccc(-n2c3cccc4c3c3c2cccc3n4-c2cccc(-c3ccccc3-n3c4ccccc4c4ccc([Si](c5ccccc5)(c5ccccc5)c5ccccc5)cc43)c2)cc1. The summed E-state index contributed by atoms with van der Waals surface area (Å²) in [6.45, 7) is 0. The standard InChI is InChI=1S/C60H41N3Si/c1-5-21-43(22-6-1)61-54-34-18-36-56-59(54)60-55(61)35-19-37-57(60)62(56)44-23-17-20-42(40-44)49-30-13-15-32-52(49)63-53-33-16-14-31-50(53)51-39-38-48(41-58(51)63)64(45-24-7-2-8-25-45,46-26-9-3-10-27-46)47-28-11-4-12-29-47/h1-41H. The summed E-state index contributed by atoms with van der Waals surface area (Å²) in [7, 11) is -2.79. The van der Waals surface area contributed by atoms with Crippen LogP contribution in [0.15, 0.2) is 249 Å². The summed E-state index contributed by atoms with van der Waals surface area (Å²) in [4.78, 5) is 0. The molecule has 0 fully saturated rings. The lowest BCUT2D eigenvalue weighted by Gasteiger charge is -2.34. The van der Waals surface area contributed by atoms with Crippen molar-refractivity contribution in [1.29, 1.82) is 0 Å². The zero-order valence-electron chi connectivity index (χ0n) is 35.0. The van der Waals surface area contributed by atoms with E-state index in [0.29, 0.717) is 0 Å². The number of para-hydroxylation sites is 3. The van der Waals surface area contributed by atoms with Crippen LogP contribution >= 0.6 is 0 Å². The monoisotopic (exact) mass is 831 g/mol. The highest BCUT2D eigenvalue weighted by atomic mass is 28.3. The second kappa shape index (κ2) is 14.5. The summed E-state index contributed by atoms with van der Waals surface area (Å²) in [5.74, 6) is 0. The predicted octanol–water partition coefficient (Wildman–Crippen LogP) is 12.3. The zero-order valence-corrected chi connectivity index (χ0v) is 36.0. The predicted molar refractivity (Wildman–Crippen MR) is 272 cm³/mol. The van der Waals surface area contributed by atoms with Crippen molar-refractivity contribution >= 4 is 83.5 Å². The maximum absolute atomic E-state index is 2.79. The van der Waals surface area contributed by atoms with Gasteiger partial charge in [0.15, 0.2) is 8.07 Å². The third-order valence-corrected chi connectivity index (χ3v) is 18.3. The number of rotatable bonds is 8. The molecule has 0 radical (unpaired) electrons. The van der Waals surface area contributed by atoms with Gasteiger partial charge >= 0.3 is 0 Å². The van der Waals surface area contributed by atoms with Gasteiger partial charge in [0, 0.05) is 38.5 Å². The number of hydrogen-bond acceptors (Lipinski definition) is 0. The van der Waals surface area contributed by atoms with Gasteiger partial charge in [-0.15, -0.1) is 0 Å². The Balaban J connectivity index is 1.03. The molecule has 13 rings (SSSR count). The van der Waals surface area contributed by atoms with Crippen molar-refractivity contribution in [2.24, 2.45) is 0 Å². The van der Waals surface area contributed by atoms with Gasteiger partial charge in [0.05, 0.1) is 38.8 Å². The smallest absolute Gasteiger partial charge is 0.179 e. The molecule has 4 heteroatoms. The first-order valence-corrected chi connectivity index (χ1v) is 24.1. The molecule has 0 aliphatic carbocycles. The van der Waals surface area contributed by atoms with Gasteiger partial charge in [-0.1, -0.05) is 182 Å². The fraction of sp³-hybridized carbons (Fsp3) is 0. The molecule has 0 aliphatic heterocycles. The molecule has 64 heavy (non-hydrogen) atoms. The fourth-order valence-electron chi connectivity index (χ4n) is 11.0. The molecule has 0 amide bonds. The lowest BCUT2D eigenvalue weighted by molar-refractivity contribution is 1.15. The molecule has 0 saturated carbocycles. The first-order valence-electron chi connectivity index (χ1n) is 22.1.